The highest BCUT2D eigenvalue weighted by molar-refractivity contribution is 5.80. The molecule has 78 valence electrons. The molecule has 1 aliphatic rings. The first-order valence-corrected chi connectivity index (χ1v) is 4.97. The average Bonchev–Trinajstić information content (AvgIpc) is 2.78. The molecule has 0 spiro atoms. The Hall–Kier alpha value is -1.64. The van der Waals surface area contributed by atoms with E-state index in [4.69, 9.17) is 4.74 Å². The van der Waals surface area contributed by atoms with Crippen molar-refractivity contribution in [3.63, 3.8) is 0 Å². The maximum Gasteiger partial charge on any atom is 0.311 e. The molecule has 15 heavy (non-hydrogen) atoms. The topological polar surface area (TPSA) is 38.7 Å². The molecule has 0 bridgehead atoms. The predicted octanol–water partition coefficient (Wildman–Crippen LogP) is 1.99. The summed E-state index contributed by atoms with van der Waals surface area (Å²) in [7, 11) is 1.42. The van der Waals surface area contributed by atoms with Gasteiger partial charge in [-0.2, -0.15) is 0 Å². The third kappa shape index (κ3) is 1.91. The van der Waals surface area contributed by atoms with Crippen LogP contribution in [-0.2, 0) is 9.53 Å². The largest absolute Gasteiger partial charge is 0.469 e. The molecule has 0 saturated heterocycles. The summed E-state index contributed by atoms with van der Waals surface area (Å²) < 4.78 is 4.77. The van der Waals surface area contributed by atoms with Gasteiger partial charge in [-0.1, -0.05) is 30.3 Å². The standard InChI is InChI=1S/C12H13NO2/c1-15-12(14)10-7-8-13-11(10)9-5-3-2-4-6-9/h2-6,8,10-11H,7H2,1H3/t10-,11-/m0/s1. The highest BCUT2D eigenvalue weighted by atomic mass is 16.5. The lowest BCUT2D eigenvalue weighted by atomic mass is 9.94. The molecular weight excluding hydrogens is 190 g/mol. The lowest BCUT2D eigenvalue weighted by Gasteiger charge is -2.15. The average molecular weight is 203 g/mol. The number of ether oxygens (including phenoxy) is 1. The lowest BCUT2D eigenvalue weighted by molar-refractivity contribution is -0.145. The van der Waals surface area contributed by atoms with Crippen molar-refractivity contribution < 1.29 is 9.53 Å². The smallest absolute Gasteiger partial charge is 0.311 e. The molecule has 3 heteroatoms. The van der Waals surface area contributed by atoms with Crippen LogP contribution in [0.3, 0.4) is 0 Å². The van der Waals surface area contributed by atoms with Crippen molar-refractivity contribution in [3.05, 3.63) is 35.9 Å². The molecule has 0 aliphatic carbocycles. The molecule has 0 fully saturated rings. The minimum absolute atomic E-state index is 0.0707. The molecule has 2 atom stereocenters. The number of carbonyl (C=O) groups is 1. The van der Waals surface area contributed by atoms with Crippen LogP contribution in [0.2, 0.25) is 0 Å². The van der Waals surface area contributed by atoms with Gasteiger partial charge in [0.25, 0.3) is 0 Å². The summed E-state index contributed by atoms with van der Waals surface area (Å²) in [6.07, 6.45) is 2.48. The van der Waals surface area contributed by atoms with Gasteiger partial charge in [0.2, 0.25) is 0 Å². The van der Waals surface area contributed by atoms with E-state index in [0.717, 1.165) is 5.56 Å². The number of aliphatic imine (C=N–C) groups is 1. The fraction of sp³-hybridized carbons (Fsp3) is 0.333. The van der Waals surface area contributed by atoms with Gasteiger partial charge in [-0.25, -0.2) is 0 Å². The maximum atomic E-state index is 11.5. The molecule has 1 aromatic carbocycles. The Bertz CT molecular complexity index is 372. The second kappa shape index (κ2) is 4.26. The van der Waals surface area contributed by atoms with E-state index < -0.39 is 0 Å². The van der Waals surface area contributed by atoms with E-state index in [-0.39, 0.29) is 17.9 Å². The Balaban J connectivity index is 2.22. The first-order valence-electron chi connectivity index (χ1n) is 4.97. The number of nitrogens with zero attached hydrogens (tertiary/aromatic N) is 1. The van der Waals surface area contributed by atoms with Gasteiger partial charge >= 0.3 is 5.97 Å². The van der Waals surface area contributed by atoms with Crippen LogP contribution in [0.1, 0.15) is 18.0 Å². The summed E-state index contributed by atoms with van der Waals surface area (Å²) in [6, 6.07) is 9.77. The van der Waals surface area contributed by atoms with Crippen molar-refractivity contribution in [2.45, 2.75) is 12.5 Å². The van der Waals surface area contributed by atoms with Gasteiger partial charge in [0.1, 0.15) is 0 Å². The van der Waals surface area contributed by atoms with Gasteiger partial charge in [0.15, 0.2) is 0 Å². The molecule has 2 rings (SSSR count). The zero-order chi connectivity index (χ0) is 10.7. The zero-order valence-electron chi connectivity index (χ0n) is 8.59. The fourth-order valence-corrected chi connectivity index (χ4v) is 1.87. The summed E-state index contributed by atoms with van der Waals surface area (Å²) in [5.41, 5.74) is 1.07. The molecule has 0 N–H and O–H groups in total. The van der Waals surface area contributed by atoms with Gasteiger partial charge in [0.05, 0.1) is 19.1 Å². The molecular formula is C12H13NO2. The number of rotatable bonds is 2. The van der Waals surface area contributed by atoms with E-state index in [1.807, 2.05) is 30.3 Å². The van der Waals surface area contributed by atoms with E-state index >= 15 is 0 Å². The number of esters is 1. The van der Waals surface area contributed by atoms with Gasteiger partial charge in [-0.3, -0.25) is 9.79 Å². The van der Waals surface area contributed by atoms with Crippen molar-refractivity contribution in [2.24, 2.45) is 10.9 Å². The van der Waals surface area contributed by atoms with Gasteiger partial charge in [0, 0.05) is 6.21 Å². The Morgan fingerprint density at radius 3 is 2.80 bits per heavy atom. The first kappa shape index (κ1) is 9.90. The van der Waals surface area contributed by atoms with E-state index in [9.17, 15) is 4.79 Å². The first-order chi connectivity index (χ1) is 7.33. The Labute approximate surface area is 88.8 Å². The zero-order valence-corrected chi connectivity index (χ0v) is 8.59. The molecule has 0 aromatic heterocycles. The molecule has 1 aromatic rings. The number of methoxy groups -OCH3 is 1. The summed E-state index contributed by atoms with van der Waals surface area (Å²) >= 11 is 0. The number of carbonyl (C=O) groups excluding carboxylic acids is 1. The van der Waals surface area contributed by atoms with E-state index in [1.54, 1.807) is 6.21 Å². The van der Waals surface area contributed by atoms with Crippen LogP contribution < -0.4 is 0 Å². The third-order valence-electron chi connectivity index (χ3n) is 2.65. The highest BCUT2D eigenvalue weighted by Crippen LogP contribution is 2.32. The third-order valence-corrected chi connectivity index (χ3v) is 2.65. The molecule has 1 heterocycles. The van der Waals surface area contributed by atoms with Crippen molar-refractivity contribution in [1.29, 1.82) is 0 Å². The second-order valence-corrected chi connectivity index (χ2v) is 3.55. The van der Waals surface area contributed by atoms with Crippen molar-refractivity contribution in [3.8, 4) is 0 Å². The van der Waals surface area contributed by atoms with Gasteiger partial charge < -0.3 is 4.74 Å². The second-order valence-electron chi connectivity index (χ2n) is 3.55. The minimum atomic E-state index is -0.179. The molecule has 0 amide bonds. The van der Waals surface area contributed by atoms with Crippen LogP contribution in [0.15, 0.2) is 35.3 Å². The van der Waals surface area contributed by atoms with Crippen LogP contribution in [0.5, 0.6) is 0 Å². The lowest BCUT2D eigenvalue weighted by Crippen LogP contribution is -2.19. The Morgan fingerprint density at radius 1 is 1.40 bits per heavy atom. The normalized spacial score (nSPS) is 24.1. The SMILES string of the molecule is COC(=O)[C@H]1CC=N[C@H]1c1ccccc1. The van der Waals surface area contributed by atoms with Crippen molar-refractivity contribution in [1.82, 2.24) is 0 Å². The number of hydrogen-bond acceptors (Lipinski definition) is 3. The number of benzene rings is 1. The number of hydrogen-bond donors (Lipinski definition) is 0. The van der Waals surface area contributed by atoms with Crippen LogP contribution in [0.25, 0.3) is 0 Å². The summed E-state index contributed by atoms with van der Waals surface area (Å²) in [5.74, 6) is -0.334. The van der Waals surface area contributed by atoms with Crippen LogP contribution in [0.4, 0.5) is 0 Å². The molecule has 3 nitrogen and oxygen atoms in total. The maximum absolute atomic E-state index is 11.5. The van der Waals surface area contributed by atoms with Crippen molar-refractivity contribution >= 4 is 12.2 Å². The van der Waals surface area contributed by atoms with E-state index in [2.05, 4.69) is 4.99 Å². The summed E-state index contributed by atoms with van der Waals surface area (Å²) in [6.45, 7) is 0. The van der Waals surface area contributed by atoms with Gasteiger partial charge in [-0.05, 0) is 12.0 Å². The van der Waals surface area contributed by atoms with Crippen LogP contribution >= 0.6 is 0 Å². The molecule has 0 radical (unpaired) electrons. The van der Waals surface area contributed by atoms with Gasteiger partial charge in [-0.15, -0.1) is 0 Å². The van der Waals surface area contributed by atoms with E-state index in [1.165, 1.54) is 7.11 Å². The monoisotopic (exact) mass is 203 g/mol. The van der Waals surface area contributed by atoms with Crippen LogP contribution in [0, 0.1) is 5.92 Å². The molecule has 0 unspecified atom stereocenters. The fourth-order valence-electron chi connectivity index (χ4n) is 1.87. The Kier molecular flexibility index (Phi) is 2.81. The van der Waals surface area contributed by atoms with Crippen molar-refractivity contribution in [2.75, 3.05) is 7.11 Å². The molecule has 1 aliphatic heterocycles. The quantitative estimate of drug-likeness (QED) is 0.689. The molecule has 0 saturated carbocycles. The Morgan fingerprint density at radius 2 is 2.13 bits per heavy atom. The predicted molar refractivity (Wildman–Crippen MR) is 57.8 cm³/mol. The highest BCUT2D eigenvalue weighted by Gasteiger charge is 2.32. The van der Waals surface area contributed by atoms with Crippen LogP contribution in [-0.4, -0.2) is 19.3 Å². The minimum Gasteiger partial charge on any atom is -0.469 e. The summed E-state index contributed by atoms with van der Waals surface area (Å²) in [4.78, 5) is 15.8. The summed E-state index contributed by atoms with van der Waals surface area (Å²) in [5, 5.41) is 0. The van der Waals surface area contributed by atoms with E-state index in [0.29, 0.717) is 6.42 Å².